The van der Waals surface area contributed by atoms with Crippen molar-refractivity contribution in [3.63, 3.8) is 0 Å². The molecule has 2 amide bonds. The van der Waals surface area contributed by atoms with E-state index in [0.717, 1.165) is 11.1 Å². The van der Waals surface area contributed by atoms with Crippen LogP contribution in [0.5, 0.6) is 0 Å². The number of nitrogens with zero attached hydrogens (tertiary/aromatic N) is 4. The summed E-state index contributed by atoms with van der Waals surface area (Å²) in [4.78, 5) is 36.3. The van der Waals surface area contributed by atoms with Gasteiger partial charge in [0.05, 0.1) is 16.5 Å². The van der Waals surface area contributed by atoms with E-state index in [4.69, 9.17) is 10.8 Å². The van der Waals surface area contributed by atoms with Gasteiger partial charge in [0.2, 0.25) is 0 Å². The fraction of sp³-hybridized carbons (Fsp3) is 0.0870. The summed E-state index contributed by atoms with van der Waals surface area (Å²) in [5.74, 6) is 0.457. The molecule has 0 unspecified atom stereocenters. The van der Waals surface area contributed by atoms with Crippen molar-refractivity contribution in [1.29, 1.82) is 0 Å². The lowest BCUT2D eigenvalue weighted by Crippen LogP contribution is -2.23. The number of hydrogen-bond donors (Lipinski definition) is 4. The summed E-state index contributed by atoms with van der Waals surface area (Å²) in [7, 11) is 0. The van der Waals surface area contributed by atoms with Crippen LogP contribution in [0.4, 0.5) is 16.4 Å². The molecule has 0 fully saturated rings. The normalized spacial score (nSPS) is 11.4. The van der Waals surface area contributed by atoms with Gasteiger partial charge in [-0.3, -0.25) is 10.1 Å². The number of carbonyl (C=O) groups excluding carboxylic acids is 1. The first-order valence-electron chi connectivity index (χ1n) is 10.1. The second kappa shape index (κ2) is 9.71. The van der Waals surface area contributed by atoms with Crippen LogP contribution >= 0.6 is 15.9 Å². The number of allylic oxidation sites excluding steroid dienone is 2. The molecule has 0 radical (unpaired) electrons. The van der Waals surface area contributed by atoms with Gasteiger partial charge in [-0.05, 0) is 52.7 Å². The Morgan fingerprint density at radius 1 is 1.15 bits per heavy atom. The fourth-order valence-electron chi connectivity index (χ4n) is 3.50. The molecule has 0 aliphatic heterocycles. The maximum atomic E-state index is 12.6. The van der Waals surface area contributed by atoms with Gasteiger partial charge < -0.3 is 20.7 Å². The minimum Gasteiger partial charge on any atom is -0.465 e. The average molecular weight is 522 g/mol. The summed E-state index contributed by atoms with van der Waals surface area (Å²) in [6, 6.07) is 12.3. The summed E-state index contributed by atoms with van der Waals surface area (Å²) >= 11 is 3.63. The summed E-state index contributed by atoms with van der Waals surface area (Å²) < 4.78 is 2.45. The van der Waals surface area contributed by atoms with Crippen molar-refractivity contribution in [2.45, 2.75) is 13.5 Å². The molecule has 11 heteroatoms. The highest BCUT2D eigenvalue weighted by Gasteiger charge is 2.22. The van der Waals surface area contributed by atoms with Crippen molar-refractivity contribution >= 4 is 50.6 Å². The number of rotatable bonds is 6. The predicted molar refractivity (Wildman–Crippen MR) is 132 cm³/mol. The first-order valence-corrected chi connectivity index (χ1v) is 10.9. The van der Waals surface area contributed by atoms with Crippen molar-refractivity contribution in [2.75, 3.05) is 11.1 Å². The van der Waals surface area contributed by atoms with Gasteiger partial charge in [-0.1, -0.05) is 24.3 Å². The van der Waals surface area contributed by atoms with Crippen molar-refractivity contribution in [1.82, 2.24) is 24.8 Å². The number of fused-ring (bicyclic) bond motifs is 1. The van der Waals surface area contributed by atoms with E-state index in [-0.39, 0.29) is 18.3 Å². The van der Waals surface area contributed by atoms with E-state index >= 15 is 0 Å². The molecule has 10 nitrogen and oxygen atoms in total. The van der Waals surface area contributed by atoms with Crippen molar-refractivity contribution in [3.8, 4) is 11.1 Å². The molecule has 172 valence electrons. The van der Waals surface area contributed by atoms with Crippen molar-refractivity contribution in [3.05, 3.63) is 76.9 Å². The predicted octanol–water partition coefficient (Wildman–Crippen LogP) is 4.26. The average Bonchev–Trinajstić information content (AvgIpc) is 3.11. The summed E-state index contributed by atoms with van der Waals surface area (Å²) in [5.41, 5.74) is 9.18. The molecule has 0 aliphatic rings. The topological polar surface area (TPSA) is 148 Å². The Balaban J connectivity index is 1.72. The molecule has 1 aromatic carbocycles. The lowest BCUT2D eigenvalue weighted by atomic mass is 10.0. The molecule has 0 atom stereocenters. The van der Waals surface area contributed by atoms with Crippen LogP contribution in [0.3, 0.4) is 0 Å². The second-order valence-electron chi connectivity index (χ2n) is 7.20. The quantitative estimate of drug-likeness (QED) is 0.296. The van der Waals surface area contributed by atoms with Crippen LogP contribution < -0.4 is 16.4 Å². The summed E-state index contributed by atoms with van der Waals surface area (Å²) in [6.45, 7) is 1.95. The molecule has 0 saturated heterocycles. The minimum atomic E-state index is -1.16. The van der Waals surface area contributed by atoms with Crippen LogP contribution in [0, 0.1) is 0 Å². The van der Waals surface area contributed by atoms with E-state index in [1.54, 1.807) is 66.2 Å². The molecule has 34 heavy (non-hydrogen) atoms. The molecule has 3 aromatic heterocycles. The van der Waals surface area contributed by atoms with Gasteiger partial charge in [-0.2, -0.15) is 0 Å². The zero-order chi connectivity index (χ0) is 24.2. The van der Waals surface area contributed by atoms with E-state index in [1.807, 2.05) is 0 Å². The van der Waals surface area contributed by atoms with E-state index in [9.17, 15) is 9.59 Å². The zero-order valence-electron chi connectivity index (χ0n) is 18.0. The highest BCUT2D eigenvalue weighted by molar-refractivity contribution is 9.10. The first-order chi connectivity index (χ1) is 16.4. The number of nitrogens with two attached hydrogens (primary N) is 1. The summed E-state index contributed by atoms with van der Waals surface area (Å²) in [6.07, 6.45) is 3.47. The van der Waals surface area contributed by atoms with Crippen LogP contribution in [0.15, 0.2) is 71.4 Å². The van der Waals surface area contributed by atoms with Gasteiger partial charge in [0.1, 0.15) is 23.6 Å². The van der Waals surface area contributed by atoms with E-state index < -0.39 is 6.09 Å². The Hall–Kier alpha value is -4.25. The molecule has 0 spiro atoms. The number of carboxylic acid groups (broad SMARTS) is 1. The minimum absolute atomic E-state index is 0.209. The molecular weight excluding hydrogens is 502 g/mol. The van der Waals surface area contributed by atoms with Crippen LogP contribution in [-0.4, -0.2) is 36.6 Å². The van der Waals surface area contributed by atoms with E-state index in [2.05, 4.69) is 41.5 Å². The number of anilines is 2. The van der Waals surface area contributed by atoms with E-state index in [0.29, 0.717) is 32.7 Å². The highest BCUT2D eigenvalue weighted by atomic mass is 79.9. The smallest absolute Gasteiger partial charge is 0.408 e. The Morgan fingerprint density at radius 2 is 1.91 bits per heavy atom. The third-order valence-electron chi connectivity index (χ3n) is 5.09. The van der Waals surface area contributed by atoms with E-state index in [1.165, 1.54) is 6.33 Å². The second-order valence-corrected chi connectivity index (χ2v) is 7.95. The molecule has 3 heterocycles. The fourth-order valence-corrected chi connectivity index (χ4v) is 4.22. The molecule has 5 N–H and O–H groups in total. The van der Waals surface area contributed by atoms with Gasteiger partial charge in [0.15, 0.2) is 0 Å². The van der Waals surface area contributed by atoms with Gasteiger partial charge >= 0.3 is 6.09 Å². The number of pyridine rings is 1. The molecular formula is C23H20BrN7O3. The number of aromatic nitrogens is 4. The first kappa shape index (κ1) is 22.9. The third kappa shape index (κ3) is 4.59. The van der Waals surface area contributed by atoms with Crippen LogP contribution in [0.1, 0.15) is 17.3 Å². The molecule has 4 rings (SSSR count). The number of benzene rings is 1. The monoisotopic (exact) mass is 521 g/mol. The Labute approximate surface area is 202 Å². The van der Waals surface area contributed by atoms with Gasteiger partial charge in [0.25, 0.3) is 5.91 Å². The van der Waals surface area contributed by atoms with Crippen LogP contribution in [0.2, 0.25) is 0 Å². The Kier molecular flexibility index (Phi) is 6.55. The highest BCUT2D eigenvalue weighted by Crippen LogP contribution is 2.40. The number of hydrogen-bond acceptors (Lipinski definition) is 6. The molecule has 4 aromatic rings. The number of carbonyl (C=O) groups is 2. The van der Waals surface area contributed by atoms with Crippen LogP contribution in [0.25, 0.3) is 22.2 Å². The number of halogens is 1. The van der Waals surface area contributed by atoms with Gasteiger partial charge in [-0.25, -0.2) is 19.7 Å². The third-order valence-corrected chi connectivity index (χ3v) is 5.92. The SMILES string of the molecule is CC=C(Cn1c(Br)c(-c2ccc(C(=O)Nc3ccccn3)cc2)c2c(N)ncnc21)NC(=O)O. The van der Waals surface area contributed by atoms with Crippen molar-refractivity contribution in [2.24, 2.45) is 0 Å². The lowest BCUT2D eigenvalue weighted by molar-refractivity contribution is 0.102. The standard InChI is InChI=1S/C23H20BrN7O3/c1-2-15(29-23(33)34)11-31-19(24)17(18-20(25)27-12-28-21(18)31)13-6-8-14(9-7-13)22(32)30-16-5-3-4-10-26-16/h2-10,12,29H,11H2,1H3,(H,33,34)(H2,25,27,28)(H,26,30,32). The number of nitrogen functional groups attached to an aromatic ring is 1. The van der Waals surface area contributed by atoms with Crippen LogP contribution in [-0.2, 0) is 6.54 Å². The maximum Gasteiger partial charge on any atom is 0.408 e. The molecule has 0 aliphatic carbocycles. The number of amides is 2. The zero-order valence-corrected chi connectivity index (χ0v) is 19.6. The lowest BCUT2D eigenvalue weighted by Gasteiger charge is -2.10. The van der Waals surface area contributed by atoms with Gasteiger partial charge in [0, 0.05) is 23.0 Å². The Morgan fingerprint density at radius 3 is 2.56 bits per heavy atom. The van der Waals surface area contributed by atoms with Gasteiger partial charge in [-0.15, -0.1) is 0 Å². The van der Waals surface area contributed by atoms with Crippen molar-refractivity contribution < 1.29 is 14.7 Å². The number of nitrogens with one attached hydrogen (secondary N) is 2. The molecule has 0 saturated carbocycles. The molecule has 0 bridgehead atoms. The Bertz CT molecular complexity index is 1400. The largest absolute Gasteiger partial charge is 0.465 e. The summed E-state index contributed by atoms with van der Waals surface area (Å²) in [5, 5.41) is 14.9. The maximum absolute atomic E-state index is 12.6.